The minimum absolute atomic E-state index is 0.00755. The van der Waals surface area contributed by atoms with Gasteiger partial charge in [-0.2, -0.15) is 0 Å². The molecule has 0 aliphatic heterocycles. The van der Waals surface area contributed by atoms with E-state index in [9.17, 15) is 9.59 Å². The third-order valence-electron chi connectivity index (χ3n) is 1.78. The molecule has 0 heterocycles. The van der Waals surface area contributed by atoms with E-state index in [0.717, 1.165) is 6.42 Å². The van der Waals surface area contributed by atoms with Crippen molar-refractivity contribution >= 4 is 11.8 Å². The van der Waals surface area contributed by atoms with Gasteiger partial charge in [0.1, 0.15) is 11.7 Å². The summed E-state index contributed by atoms with van der Waals surface area (Å²) in [6, 6.07) is 0. The van der Waals surface area contributed by atoms with Crippen molar-refractivity contribution < 1.29 is 14.3 Å². The second kappa shape index (κ2) is 5.75. The molecule has 3 nitrogen and oxygen atoms in total. The molecule has 0 bridgehead atoms. The average molecular weight is 172 g/mol. The molecule has 0 aromatic rings. The van der Waals surface area contributed by atoms with Crippen LogP contribution in [0.2, 0.25) is 0 Å². The topological polar surface area (TPSA) is 43.4 Å². The van der Waals surface area contributed by atoms with Crippen LogP contribution in [0.25, 0.3) is 0 Å². The zero-order valence-corrected chi connectivity index (χ0v) is 7.92. The van der Waals surface area contributed by atoms with Crippen LogP contribution >= 0.6 is 0 Å². The van der Waals surface area contributed by atoms with E-state index in [1.54, 1.807) is 0 Å². The fourth-order valence-corrected chi connectivity index (χ4v) is 1.09. The Bertz CT molecular complexity index is 163. The average Bonchev–Trinajstić information content (AvgIpc) is 2.06. The van der Waals surface area contributed by atoms with Crippen molar-refractivity contribution in [2.45, 2.75) is 33.1 Å². The van der Waals surface area contributed by atoms with E-state index in [0.29, 0.717) is 12.8 Å². The molecule has 3 heteroatoms. The van der Waals surface area contributed by atoms with E-state index in [1.807, 2.05) is 13.8 Å². The first-order chi connectivity index (χ1) is 5.67. The third kappa shape index (κ3) is 3.03. The SMILES string of the molecule is CCCC(=O)[C@H](CC)C(=O)OC. The first-order valence-electron chi connectivity index (χ1n) is 4.27. The van der Waals surface area contributed by atoms with Gasteiger partial charge in [-0.05, 0) is 12.8 Å². The molecule has 0 saturated heterocycles. The molecule has 0 unspecified atom stereocenters. The summed E-state index contributed by atoms with van der Waals surface area (Å²) in [5, 5.41) is 0. The number of ketones is 1. The smallest absolute Gasteiger partial charge is 0.316 e. The molecule has 0 amide bonds. The van der Waals surface area contributed by atoms with Gasteiger partial charge in [-0.15, -0.1) is 0 Å². The van der Waals surface area contributed by atoms with Crippen molar-refractivity contribution in [3.05, 3.63) is 0 Å². The number of carbonyl (C=O) groups excluding carboxylic acids is 2. The van der Waals surface area contributed by atoms with E-state index < -0.39 is 11.9 Å². The second-order valence-corrected chi connectivity index (χ2v) is 2.70. The van der Waals surface area contributed by atoms with Crippen LogP contribution in [0, 0.1) is 5.92 Å². The van der Waals surface area contributed by atoms with Crippen LogP contribution in [0.5, 0.6) is 0 Å². The van der Waals surface area contributed by atoms with E-state index in [4.69, 9.17) is 0 Å². The van der Waals surface area contributed by atoms with Crippen molar-refractivity contribution in [2.24, 2.45) is 5.92 Å². The number of Topliss-reactive ketones (excluding diaryl/α,β-unsaturated/α-hetero) is 1. The largest absolute Gasteiger partial charge is 0.468 e. The highest BCUT2D eigenvalue weighted by Gasteiger charge is 2.23. The van der Waals surface area contributed by atoms with Gasteiger partial charge in [-0.3, -0.25) is 9.59 Å². The summed E-state index contributed by atoms with van der Waals surface area (Å²) in [6.07, 6.45) is 1.78. The van der Waals surface area contributed by atoms with Gasteiger partial charge in [-0.25, -0.2) is 0 Å². The Morgan fingerprint density at radius 3 is 2.25 bits per heavy atom. The standard InChI is InChI=1S/C9H16O3/c1-4-6-8(10)7(5-2)9(11)12-3/h7H,4-6H2,1-3H3/t7-/m0/s1. The molecule has 70 valence electrons. The fraction of sp³-hybridized carbons (Fsp3) is 0.778. The number of hydrogen-bond acceptors (Lipinski definition) is 3. The van der Waals surface area contributed by atoms with Crippen LogP contribution in [0.1, 0.15) is 33.1 Å². The van der Waals surface area contributed by atoms with Gasteiger partial charge in [0.15, 0.2) is 0 Å². The Kier molecular flexibility index (Phi) is 5.34. The van der Waals surface area contributed by atoms with E-state index in [1.165, 1.54) is 7.11 Å². The lowest BCUT2D eigenvalue weighted by atomic mass is 9.98. The van der Waals surface area contributed by atoms with Crippen LogP contribution < -0.4 is 0 Å². The van der Waals surface area contributed by atoms with E-state index in [2.05, 4.69) is 4.74 Å². The maximum Gasteiger partial charge on any atom is 0.316 e. The maximum absolute atomic E-state index is 11.3. The highest BCUT2D eigenvalue weighted by atomic mass is 16.5. The van der Waals surface area contributed by atoms with Gasteiger partial charge >= 0.3 is 5.97 Å². The first kappa shape index (κ1) is 11.1. The molecule has 0 aliphatic carbocycles. The summed E-state index contributed by atoms with van der Waals surface area (Å²) in [5.74, 6) is -0.960. The summed E-state index contributed by atoms with van der Waals surface area (Å²) in [7, 11) is 1.31. The predicted molar refractivity (Wildman–Crippen MR) is 45.7 cm³/mol. The molecule has 0 saturated carbocycles. The lowest BCUT2D eigenvalue weighted by molar-refractivity contribution is -0.149. The number of esters is 1. The predicted octanol–water partition coefficient (Wildman–Crippen LogP) is 1.55. The molecule has 0 rings (SSSR count). The highest BCUT2D eigenvalue weighted by Crippen LogP contribution is 2.09. The van der Waals surface area contributed by atoms with Crippen molar-refractivity contribution in [1.82, 2.24) is 0 Å². The number of carbonyl (C=O) groups is 2. The summed E-state index contributed by atoms with van der Waals surface area (Å²) >= 11 is 0. The number of ether oxygens (including phenoxy) is 1. The highest BCUT2D eigenvalue weighted by molar-refractivity contribution is 5.98. The van der Waals surface area contributed by atoms with Crippen molar-refractivity contribution in [2.75, 3.05) is 7.11 Å². The maximum atomic E-state index is 11.3. The summed E-state index contributed by atoms with van der Waals surface area (Å²) in [5.41, 5.74) is 0. The Morgan fingerprint density at radius 2 is 1.92 bits per heavy atom. The molecule has 1 atom stereocenters. The molecule has 0 aromatic heterocycles. The summed E-state index contributed by atoms with van der Waals surface area (Å²) < 4.78 is 4.51. The molecular formula is C9H16O3. The lowest BCUT2D eigenvalue weighted by Gasteiger charge is -2.09. The van der Waals surface area contributed by atoms with Gasteiger partial charge in [0.05, 0.1) is 7.11 Å². The van der Waals surface area contributed by atoms with E-state index in [-0.39, 0.29) is 5.78 Å². The van der Waals surface area contributed by atoms with Crippen molar-refractivity contribution in [3.63, 3.8) is 0 Å². The zero-order chi connectivity index (χ0) is 9.56. The van der Waals surface area contributed by atoms with Crippen LogP contribution in [0.15, 0.2) is 0 Å². The van der Waals surface area contributed by atoms with Gasteiger partial charge < -0.3 is 4.74 Å². The van der Waals surface area contributed by atoms with Crippen LogP contribution in [0.3, 0.4) is 0 Å². The molecule has 12 heavy (non-hydrogen) atoms. The Balaban J connectivity index is 4.14. The fourth-order valence-electron chi connectivity index (χ4n) is 1.09. The second-order valence-electron chi connectivity index (χ2n) is 2.70. The zero-order valence-electron chi connectivity index (χ0n) is 7.92. The van der Waals surface area contributed by atoms with Gasteiger partial charge in [0.25, 0.3) is 0 Å². The Hall–Kier alpha value is -0.860. The van der Waals surface area contributed by atoms with E-state index >= 15 is 0 Å². The number of hydrogen-bond donors (Lipinski definition) is 0. The van der Waals surface area contributed by atoms with Gasteiger partial charge in [-0.1, -0.05) is 13.8 Å². The molecular weight excluding hydrogens is 156 g/mol. The molecule has 0 fully saturated rings. The minimum atomic E-state index is -0.546. The summed E-state index contributed by atoms with van der Waals surface area (Å²) in [6.45, 7) is 3.73. The Morgan fingerprint density at radius 1 is 1.33 bits per heavy atom. The summed E-state index contributed by atoms with van der Waals surface area (Å²) in [4.78, 5) is 22.3. The number of rotatable bonds is 5. The van der Waals surface area contributed by atoms with Crippen LogP contribution in [-0.2, 0) is 14.3 Å². The Labute approximate surface area is 73.1 Å². The minimum Gasteiger partial charge on any atom is -0.468 e. The molecule has 0 N–H and O–H groups in total. The van der Waals surface area contributed by atoms with Crippen molar-refractivity contribution in [3.8, 4) is 0 Å². The lowest BCUT2D eigenvalue weighted by Crippen LogP contribution is -2.24. The molecule has 0 spiro atoms. The molecule has 0 aromatic carbocycles. The first-order valence-corrected chi connectivity index (χ1v) is 4.27. The van der Waals surface area contributed by atoms with Crippen LogP contribution in [-0.4, -0.2) is 18.9 Å². The third-order valence-corrected chi connectivity index (χ3v) is 1.78. The van der Waals surface area contributed by atoms with Gasteiger partial charge in [0.2, 0.25) is 0 Å². The van der Waals surface area contributed by atoms with Crippen molar-refractivity contribution in [1.29, 1.82) is 0 Å². The van der Waals surface area contributed by atoms with Crippen LogP contribution in [0.4, 0.5) is 0 Å². The number of methoxy groups -OCH3 is 1. The monoisotopic (exact) mass is 172 g/mol. The molecule has 0 radical (unpaired) electrons. The van der Waals surface area contributed by atoms with Gasteiger partial charge in [0, 0.05) is 6.42 Å². The quantitative estimate of drug-likeness (QED) is 0.467. The molecule has 0 aliphatic rings. The normalized spacial score (nSPS) is 12.2.